The number of benzene rings is 3. The zero-order chi connectivity index (χ0) is 17.3. The van der Waals surface area contributed by atoms with E-state index in [2.05, 4.69) is 0 Å². The first-order chi connectivity index (χ1) is 11.5. The molecule has 0 amide bonds. The van der Waals surface area contributed by atoms with E-state index in [-0.39, 0.29) is 11.3 Å². The minimum absolute atomic E-state index is 0.0659. The zero-order valence-corrected chi connectivity index (χ0v) is 12.9. The maximum absolute atomic E-state index is 11.6. The van der Waals surface area contributed by atoms with Crippen LogP contribution in [0, 0.1) is 0 Å². The molecule has 0 aliphatic heterocycles. The van der Waals surface area contributed by atoms with Gasteiger partial charge in [-0.2, -0.15) is 0 Å². The van der Waals surface area contributed by atoms with Crippen molar-refractivity contribution >= 4 is 23.0 Å². The van der Waals surface area contributed by atoms with Crippen LogP contribution in [0.2, 0.25) is 0 Å². The van der Waals surface area contributed by atoms with Gasteiger partial charge in [-0.15, -0.1) is 0 Å². The Morgan fingerprint density at radius 1 is 0.708 bits per heavy atom. The van der Waals surface area contributed by atoms with Crippen LogP contribution in [0.3, 0.4) is 0 Å². The summed E-state index contributed by atoms with van der Waals surface area (Å²) in [7, 11) is 0. The molecule has 3 aromatic rings. The molecule has 0 spiro atoms. The van der Waals surface area contributed by atoms with E-state index < -0.39 is 5.97 Å². The van der Waals surface area contributed by atoms with Crippen molar-refractivity contribution in [3.63, 3.8) is 0 Å². The summed E-state index contributed by atoms with van der Waals surface area (Å²) in [4.78, 5) is 11.6. The van der Waals surface area contributed by atoms with Gasteiger partial charge in [-0.1, -0.05) is 24.3 Å². The monoisotopic (exact) mass is 319 g/mol. The molecule has 5 heteroatoms. The molecule has 0 saturated carbocycles. The molecule has 0 fully saturated rings. The minimum atomic E-state index is -1.07. The molecule has 0 radical (unpaired) electrons. The second-order valence-electron chi connectivity index (χ2n) is 5.53. The van der Waals surface area contributed by atoms with E-state index in [1.807, 2.05) is 30.3 Å². The van der Waals surface area contributed by atoms with Gasteiger partial charge in [0.25, 0.3) is 0 Å². The van der Waals surface area contributed by atoms with Gasteiger partial charge in [0.05, 0.1) is 11.3 Å². The molecule has 0 saturated heterocycles. The highest BCUT2D eigenvalue weighted by Gasteiger charge is 2.16. The van der Waals surface area contributed by atoms with Crippen molar-refractivity contribution in [2.75, 3.05) is 17.2 Å². The highest BCUT2D eigenvalue weighted by Crippen LogP contribution is 2.34. The van der Waals surface area contributed by atoms with E-state index in [0.717, 1.165) is 16.7 Å². The van der Waals surface area contributed by atoms with Gasteiger partial charge in [0, 0.05) is 16.9 Å². The Morgan fingerprint density at radius 3 is 1.71 bits per heavy atom. The largest absolute Gasteiger partial charge is 0.478 e. The van der Waals surface area contributed by atoms with Gasteiger partial charge in [-0.25, -0.2) is 4.79 Å². The van der Waals surface area contributed by atoms with Gasteiger partial charge in [-0.05, 0) is 53.1 Å². The fourth-order valence-electron chi connectivity index (χ4n) is 2.57. The Balaban J connectivity index is 2.22. The van der Waals surface area contributed by atoms with Crippen LogP contribution < -0.4 is 17.2 Å². The summed E-state index contributed by atoms with van der Waals surface area (Å²) in [6, 6.07) is 17.8. The Morgan fingerprint density at radius 2 is 1.21 bits per heavy atom. The lowest BCUT2D eigenvalue weighted by Crippen LogP contribution is -2.05. The molecule has 0 heterocycles. The molecule has 0 aromatic heterocycles. The van der Waals surface area contributed by atoms with Gasteiger partial charge < -0.3 is 22.3 Å². The zero-order valence-electron chi connectivity index (χ0n) is 12.9. The van der Waals surface area contributed by atoms with Crippen LogP contribution >= 0.6 is 0 Å². The van der Waals surface area contributed by atoms with Crippen molar-refractivity contribution in [2.45, 2.75) is 0 Å². The Bertz CT molecular complexity index is 901. The lowest BCUT2D eigenvalue weighted by Gasteiger charge is -2.13. The third-order valence-corrected chi connectivity index (χ3v) is 3.88. The number of rotatable bonds is 3. The van der Waals surface area contributed by atoms with Gasteiger partial charge in [0.1, 0.15) is 0 Å². The summed E-state index contributed by atoms with van der Waals surface area (Å²) in [5.41, 5.74) is 22.2. The van der Waals surface area contributed by atoms with Crippen molar-refractivity contribution in [3.05, 3.63) is 66.2 Å². The summed E-state index contributed by atoms with van der Waals surface area (Å²) in [5.74, 6) is -1.07. The summed E-state index contributed by atoms with van der Waals surface area (Å²) >= 11 is 0. The van der Waals surface area contributed by atoms with Gasteiger partial charge >= 0.3 is 5.97 Å². The SMILES string of the molecule is Nc1ccc(-c2cc(C(=O)O)c(N)c(-c3ccc(N)cc3)c2)cc1. The maximum atomic E-state index is 11.6. The van der Waals surface area contributed by atoms with E-state index in [1.54, 1.807) is 30.3 Å². The number of hydrogen-bond acceptors (Lipinski definition) is 4. The molecule has 0 bridgehead atoms. The average molecular weight is 319 g/mol. The number of carboxylic acid groups (broad SMARTS) is 1. The minimum Gasteiger partial charge on any atom is -0.478 e. The van der Waals surface area contributed by atoms with Crippen LogP contribution in [0.1, 0.15) is 10.4 Å². The van der Waals surface area contributed by atoms with E-state index in [4.69, 9.17) is 17.2 Å². The van der Waals surface area contributed by atoms with Gasteiger partial charge in [-0.3, -0.25) is 0 Å². The number of carbonyl (C=O) groups is 1. The van der Waals surface area contributed by atoms with Crippen LogP contribution in [0.4, 0.5) is 17.1 Å². The second kappa shape index (κ2) is 5.96. The Kier molecular flexibility index (Phi) is 3.83. The van der Waals surface area contributed by atoms with Crippen molar-refractivity contribution in [1.82, 2.24) is 0 Å². The van der Waals surface area contributed by atoms with Crippen LogP contribution in [0.15, 0.2) is 60.7 Å². The summed E-state index contributed by atoms with van der Waals surface area (Å²) in [5, 5.41) is 9.48. The number of carboxylic acids is 1. The van der Waals surface area contributed by atoms with Crippen LogP contribution in [0.25, 0.3) is 22.3 Å². The standard InChI is InChI=1S/C19H17N3O2/c20-14-5-1-11(2-6-14)13-9-16(12-3-7-15(21)8-4-12)18(22)17(10-13)19(23)24/h1-10H,20-22H2,(H,23,24). The quantitative estimate of drug-likeness (QED) is 0.552. The molecular formula is C19H17N3O2. The molecule has 3 aromatic carbocycles. The van der Waals surface area contributed by atoms with Crippen molar-refractivity contribution in [1.29, 1.82) is 0 Å². The van der Waals surface area contributed by atoms with Gasteiger partial charge in [0.15, 0.2) is 0 Å². The molecular weight excluding hydrogens is 302 g/mol. The molecule has 0 aliphatic rings. The lowest BCUT2D eigenvalue weighted by atomic mass is 9.94. The van der Waals surface area contributed by atoms with Crippen LogP contribution in [-0.2, 0) is 0 Å². The first kappa shape index (κ1) is 15.4. The predicted octanol–water partition coefficient (Wildman–Crippen LogP) is 3.47. The van der Waals surface area contributed by atoms with E-state index in [9.17, 15) is 9.90 Å². The highest BCUT2D eigenvalue weighted by molar-refractivity contribution is 6.00. The molecule has 7 N–H and O–H groups in total. The van der Waals surface area contributed by atoms with E-state index in [1.165, 1.54) is 0 Å². The molecule has 24 heavy (non-hydrogen) atoms. The second-order valence-corrected chi connectivity index (χ2v) is 5.53. The molecule has 0 aliphatic carbocycles. The summed E-state index contributed by atoms with van der Waals surface area (Å²) < 4.78 is 0. The third-order valence-electron chi connectivity index (χ3n) is 3.88. The fraction of sp³-hybridized carbons (Fsp3) is 0. The maximum Gasteiger partial charge on any atom is 0.337 e. The number of anilines is 3. The first-order valence-electron chi connectivity index (χ1n) is 7.34. The average Bonchev–Trinajstić information content (AvgIpc) is 2.56. The third kappa shape index (κ3) is 2.87. The molecule has 120 valence electrons. The molecule has 0 unspecified atom stereocenters. The topological polar surface area (TPSA) is 115 Å². The van der Waals surface area contributed by atoms with Crippen LogP contribution in [-0.4, -0.2) is 11.1 Å². The van der Waals surface area contributed by atoms with Gasteiger partial charge in [0.2, 0.25) is 0 Å². The number of nitrogen functional groups attached to an aromatic ring is 3. The van der Waals surface area contributed by atoms with Crippen molar-refractivity contribution in [2.24, 2.45) is 0 Å². The highest BCUT2D eigenvalue weighted by atomic mass is 16.4. The number of aromatic carboxylic acids is 1. The van der Waals surface area contributed by atoms with E-state index >= 15 is 0 Å². The predicted molar refractivity (Wildman–Crippen MR) is 97.5 cm³/mol. The summed E-state index contributed by atoms with van der Waals surface area (Å²) in [6.45, 7) is 0. The fourth-order valence-corrected chi connectivity index (χ4v) is 2.57. The van der Waals surface area contributed by atoms with Crippen molar-refractivity contribution < 1.29 is 9.90 Å². The molecule has 5 nitrogen and oxygen atoms in total. The summed E-state index contributed by atoms with van der Waals surface area (Å²) in [6.07, 6.45) is 0. The Hall–Kier alpha value is -3.47. The van der Waals surface area contributed by atoms with Crippen molar-refractivity contribution in [3.8, 4) is 22.3 Å². The van der Waals surface area contributed by atoms with Crippen LogP contribution in [0.5, 0.6) is 0 Å². The molecule has 0 atom stereocenters. The normalized spacial score (nSPS) is 10.5. The number of nitrogens with two attached hydrogens (primary N) is 3. The van der Waals surface area contributed by atoms with E-state index in [0.29, 0.717) is 16.9 Å². The first-order valence-corrected chi connectivity index (χ1v) is 7.34. The smallest absolute Gasteiger partial charge is 0.337 e. The Labute approximate surface area is 139 Å². The molecule has 3 rings (SSSR count). The lowest BCUT2D eigenvalue weighted by molar-refractivity contribution is 0.0698. The number of hydrogen-bond donors (Lipinski definition) is 4.